The number of H-pyrrole nitrogens is 1. The predicted octanol–water partition coefficient (Wildman–Crippen LogP) is 6.60. The van der Waals surface area contributed by atoms with Crippen LogP contribution in [0.1, 0.15) is 11.3 Å². The van der Waals surface area contributed by atoms with Gasteiger partial charge >= 0.3 is 0 Å². The molecule has 0 unspecified atom stereocenters. The molecule has 0 radical (unpaired) electrons. The topological polar surface area (TPSA) is 50.1 Å². The van der Waals surface area contributed by atoms with Gasteiger partial charge in [0.2, 0.25) is 0 Å². The smallest absolute Gasteiger partial charge is 0.280 e. The summed E-state index contributed by atoms with van der Waals surface area (Å²) in [7, 11) is 0. The third kappa shape index (κ3) is 3.87. The Hall–Kier alpha value is -1.24. The van der Waals surface area contributed by atoms with E-state index >= 15 is 0 Å². The molecule has 1 aromatic heterocycles. The lowest BCUT2D eigenvalue weighted by Gasteiger charge is -2.07. The zero-order chi connectivity index (χ0) is 19.0. The fraction of sp³-hybridized carbons (Fsp3) is 0.0588. The van der Waals surface area contributed by atoms with Gasteiger partial charge in [0.15, 0.2) is 0 Å². The van der Waals surface area contributed by atoms with Crippen LogP contribution in [0.5, 0.6) is 0 Å². The van der Waals surface area contributed by atoms with E-state index in [2.05, 4.69) is 26.0 Å². The second-order valence-electron chi connectivity index (χ2n) is 5.36. The van der Waals surface area contributed by atoms with E-state index in [-0.39, 0.29) is 15.6 Å². The van der Waals surface area contributed by atoms with Crippen LogP contribution >= 0.6 is 62.3 Å². The Morgan fingerprint density at radius 2 is 1.73 bits per heavy atom. The van der Waals surface area contributed by atoms with Crippen molar-refractivity contribution < 1.29 is 0 Å². The van der Waals surface area contributed by atoms with Gasteiger partial charge < -0.3 is 0 Å². The molecule has 0 saturated carbocycles. The van der Waals surface area contributed by atoms with E-state index in [1.807, 2.05) is 6.07 Å². The first-order valence-corrected chi connectivity index (χ1v) is 9.54. The first-order chi connectivity index (χ1) is 12.3. The summed E-state index contributed by atoms with van der Waals surface area (Å²) in [5.41, 5.74) is 1.50. The number of benzene rings is 2. The molecule has 0 saturated heterocycles. The third-order valence-corrected chi connectivity index (χ3v) is 5.16. The number of aliphatic imine (C=N–C) groups is 1. The average molecular weight is 494 g/mol. The highest BCUT2D eigenvalue weighted by atomic mass is 79.9. The van der Waals surface area contributed by atoms with E-state index in [1.54, 1.807) is 19.1 Å². The van der Waals surface area contributed by atoms with E-state index in [0.717, 1.165) is 4.47 Å². The van der Waals surface area contributed by atoms with E-state index in [9.17, 15) is 4.79 Å². The zero-order valence-corrected chi connectivity index (χ0v) is 17.8. The van der Waals surface area contributed by atoms with Gasteiger partial charge in [-0.2, -0.15) is 0 Å². The van der Waals surface area contributed by atoms with E-state index in [4.69, 9.17) is 46.4 Å². The molecule has 1 heterocycles. The molecule has 1 N–H and O–H groups in total. The highest BCUT2D eigenvalue weighted by molar-refractivity contribution is 9.10. The first-order valence-electron chi connectivity index (χ1n) is 7.23. The summed E-state index contributed by atoms with van der Waals surface area (Å²) < 4.78 is 2.11. The molecule has 3 aromatic rings. The minimum atomic E-state index is -0.342. The van der Waals surface area contributed by atoms with Crippen LogP contribution in [0.3, 0.4) is 0 Å². The van der Waals surface area contributed by atoms with Gasteiger partial charge in [-0.25, -0.2) is 4.68 Å². The molecule has 0 amide bonds. The molecule has 0 aliphatic carbocycles. The van der Waals surface area contributed by atoms with Crippen LogP contribution in [0.2, 0.25) is 20.1 Å². The highest BCUT2D eigenvalue weighted by Crippen LogP contribution is 2.31. The first kappa shape index (κ1) is 19.5. The lowest BCUT2D eigenvalue weighted by molar-refractivity contribution is 0.835. The molecule has 0 fully saturated rings. The molecule has 0 atom stereocenters. The highest BCUT2D eigenvalue weighted by Gasteiger charge is 2.16. The Balaban J connectivity index is 2.07. The second kappa shape index (κ2) is 7.79. The maximum absolute atomic E-state index is 12.8. The number of rotatable bonds is 3. The van der Waals surface area contributed by atoms with Gasteiger partial charge in [-0.1, -0.05) is 62.3 Å². The van der Waals surface area contributed by atoms with E-state index in [1.165, 1.54) is 23.0 Å². The van der Waals surface area contributed by atoms with Crippen molar-refractivity contribution in [2.24, 2.45) is 4.99 Å². The normalized spacial score (nSPS) is 11.5. The Labute approximate surface area is 177 Å². The number of nitrogens with zero attached hydrogens (tertiary/aromatic N) is 2. The Bertz CT molecular complexity index is 1070. The van der Waals surface area contributed by atoms with Crippen LogP contribution in [0.4, 0.5) is 5.69 Å². The van der Waals surface area contributed by atoms with Crippen molar-refractivity contribution in [3.8, 4) is 5.69 Å². The number of aryl methyl sites for hydroxylation is 1. The number of nitrogens with one attached hydrogen (secondary N) is 1. The van der Waals surface area contributed by atoms with Crippen molar-refractivity contribution in [1.82, 2.24) is 9.78 Å². The molecular weight excluding hydrogens is 484 g/mol. The van der Waals surface area contributed by atoms with Crippen molar-refractivity contribution in [2.75, 3.05) is 0 Å². The summed E-state index contributed by atoms with van der Waals surface area (Å²) in [4.78, 5) is 17.1. The fourth-order valence-electron chi connectivity index (χ4n) is 2.34. The van der Waals surface area contributed by atoms with Gasteiger partial charge in [0.25, 0.3) is 5.56 Å². The molecule has 26 heavy (non-hydrogen) atoms. The van der Waals surface area contributed by atoms with Crippen LogP contribution in [0.25, 0.3) is 5.69 Å². The Morgan fingerprint density at radius 1 is 1.08 bits per heavy atom. The van der Waals surface area contributed by atoms with Gasteiger partial charge in [-0.05, 0) is 37.3 Å². The summed E-state index contributed by atoms with van der Waals surface area (Å²) >= 11 is 27.8. The number of aromatic amines is 1. The molecular formula is C17H10BrCl4N3O. The second-order valence-corrected chi connectivity index (χ2v) is 7.94. The number of halogens is 5. The molecule has 0 bridgehead atoms. The number of hydrogen-bond donors (Lipinski definition) is 1. The van der Waals surface area contributed by atoms with Crippen molar-refractivity contribution >= 4 is 74.2 Å². The van der Waals surface area contributed by atoms with Crippen molar-refractivity contribution in [1.29, 1.82) is 0 Å². The van der Waals surface area contributed by atoms with Gasteiger partial charge in [0.1, 0.15) is 5.69 Å². The van der Waals surface area contributed by atoms with Crippen molar-refractivity contribution in [3.05, 3.63) is 76.5 Å². The third-order valence-electron chi connectivity index (χ3n) is 3.56. The minimum absolute atomic E-state index is 0.255. The quantitative estimate of drug-likeness (QED) is 0.410. The zero-order valence-electron chi connectivity index (χ0n) is 13.2. The Kier molecular flexibility index (Phi) is 5.85. The molecule has 9 heteroatoms. The van der Waals surface area contributed by atoms with Crippen LogP contribution in [0.15, 0.2) is 44.6 Å². The van der Waals surface area contributed by atoms with Crippen LogP contribution < -0.4 is 5.56 Å². The SMILES string of the molecule is Cc1[nH]n(-c2c(Cl)cc(Cl)cc2Cl)c(=O)c1C=Nc1ccc(Br)cc1Cl. The standard InChI is InChI=1S/C17H10BrCl4N3O/c1-8-11(7-23-15-3-2-9(18)4-12(15)20)17(26)25(24-8)16-13(21)5-10(19)6-14(16)22/h2-7,24H,1H3. The van der Waals surface area contributed by atoms with E-state index < -0.39 is 0 Å². The molecule has 4 nitrogen and oxygen atoms in total. The summed E-state index contributed by atoms with van der Waals surface area (Å²) in [6, 6.07) is 8.32. The summed E-state index contributed by atoms with van der Waals surface area (Å²) in [5.74, 6) is 0. The van der Waals surface area contributed by atoms with Gasteiger partial charge in [0.05, 0.1) is 26.3 Å². The van der Waals surface area contributed by atoms with Gasteiger partial charge in [0, 0.05) is 21.4 Å². The van der Waals surface area contributed by atoms with Gasteiger partial charge in [-0.3, -0.25) is 14.9 Å². The summed E-state index contributed by atoms with van der Waals surface area (Å²) in [5, 5.41) is 4.31. The average Bonchev–Trinajstić information content (AvgIpc) is 2.80. The summed E-state index contributed by atoms with van der Waals surface area (Å²) in [6.07, 6.45) is 1.46. The molecule has 2 aromatic carbocycles. The Morgan fingerprint density at radius 3 is 2.35 bits per heavy atom. The summed E-state index contributed by atoms with van der Waals surface area (Å²) in [6.45, 7) is 1.75. The fourth-order valence-corrected chi connectivity index (χ4v) is 4.05. The molecule has 0 spiro atoms. The van der Waals surface area contributed by atoms with Crippen LogP contribution in [-0.4, -0.2) is 16.0 Å². The largest absolute Gasteiger partial charge is 0.295 e. The van der Waals surface area contributed by atoms with Gasteiger partial charge in [-0.15, -0.1) is 0 Å². The minimum Gasteiger partial charge on any atom is -0.295 e. The monoisotopic (exact) mass is 491 g/mol. The van der Waals surface area contributed by atoms with Crippen molar-refractivity contribution in [3.63, 3.8) is 0 Å². The lowest BCUT2D eigenvalue weighted by Crippen LogP contribution is -2.18. The van der Waals surface area contributed by atoms with Crippen LogP contribution in [-0.2, 0) is 0 Å². The molecule has 3 rings (SSSR count). The molecule has 134 valence electrons. The maximum atomic E-state index is 12.8. The number of aromatic nitrogens is 2. The van der Waals surface area contributed by atoms with Crippen molar-refractivity contribution in [2.45, 2.75) is 6.92 Å². The predicted molar refractivity (Wildman–Crippen MR) is 113 cm³/mol. The molecule has 0 aliphatic rings. The lowest BCUT2D eigenvalue weighted by atomic mass is 10.2. The maximum Gasteiger partial charge on any atom is 0.280 e. The van der Waals surface area contributed by atoms with Crippen LogP contribution in [0, 0.1) is 6.92 Å². The van der Waals surface area contributed by atoms with E-state index in [0.29, 0.717) is 32.7 Å². The molecule has 0 aliphatic heterocycles. The number of hydrogen-bond acceptors (Lipinski definition) is 2.